The first-order chi connectivity index (χ1) is 7.56. The Kier molecular flexibility index (Phi) is 4.13. The highest BCUT2D eigenvalue weighted by molar-refractivity contribution is 5.75. The first kappa shape index (κ1) is 12.3. The fourth-order valence-electron chi connectivity index (χ4n) is 1.44. The van der Waals surface area contributed by atoms with E-state index >= 15 is 0 Å². The fraction of sp³-hybridized carbons (Fsp3) is 0.364. The third-order valence-electron chi connectivity index (χ3n) is 2.15. The molecule has 0 aliphatic heterocycles. The Labute approximate surface area is 94.0 Å². The van der Waals surface area contributed by atoms with Gasteiger partial charge in [0.25, 0.3) is 0 Å². The van der Waals surface area contributed by atoms with Crippen LogP contribution in [0.15, 0.2) is 18.2 Å². The Morgan fingerprint density at radius 1 is 1.56 bits per heavy atom. The van der Waals surface area contributed by atoms with Crippen molar-refractivity contribution in [1.29, 1.82) is 0 Å². The summed E-state index contributed by atoms with van der Waals surface area (Å²) in [7, 11) is 0. The van der Waals surface area contributed by atoms with Crippen molar-refractivity contribution in [2.45, 2.75) is 19.4 Å². The zero-order valence-corrected chi connectivity index (χ0v) is 9.14. The summed E-state index contributed by atoms with van der Waals surface area (Å²) in [4.78, 5) is 10.7. The number of para-hydroxylation sites is 1. The lowest BCUT2D eigenvalue weighted by atomic mass is 10.0. The maximum atomic E-state index is 10.7. The number of carbonyl (C=O) groups excluding carboxylic acids is 1. The Morgan fingerprint density at radius 3 is 2.81 bits per heavy atom. The van der Waals surface area contributed by atoms with Crippen LogP contribution in [-0.2, 0) is 4.79 Å². The molecule has 0 spiro atoms. The first-order valence-corrected chi connectivity index (χ1v) is 5.04. The number of rotatable bonds is 5. The number of hydrogen-bond donors (Lipinski definition) is 3. The Balaban J connectivity index is 2.95. The van der Waals surface area contributed by atoms with Crippen LogP contribution in [0.1, 0.15) is 24.9 Å². The molecule has 1 aromatic rings. The van der Waals surface area contributed by atoms with Crippen molar-refractivity contribution in [3.8, 4) is 11.5 Å². The number of carbonyl (C=O) groups is 1. The molecule has 0 heterocycles. The van der Waals surface area contributed by atoms with E-state index in [0.29, 0.717) is 17.9 Å². The molecule has 0 aromatic heterocycles. The lowest BCUT2D eigenvalue weighted by Gasteiger charge is -2.14. The lowest BCUT2D eigenvalue weighted by Crippen LogP contribution is -2.20. The van der Waals surface area contributed by atoms with E-state index in [2.05, 4.69) is 0 Å². The van der Waals surface area contributed by atoms with Gasteiger partial charge in [0, 0.05) is 18.0 Å². The summed E-state index contributed by atoms with van der Waals surface area (Å²) in [5.74, 6) is -0.174. The van der Waals surface area contributed by atoms with Crippen molar-refractivity contribution >= 4 is 5.91 Å². The summed E-state index contributed by atoms with van der Waals surface area (Å²) in [6.45, 7) is 2.26. The minimum Gasteiger partial charge on any atom is -0.504 e. The molecule has 88 valence electrons. The summed E-state index contributed by atoms with van der Waals surface area (Å²) in [6.07, 6.45) is -0.0108. The number of amides is 1. The summed E-state index contributed by atoms with van der Waals surface area (Å²) >= 11 is 0. The summed E-state index contributed by atoms with van der Waals surface area (Å²) < 4.78 is 5.21. The lowest BCUT2D eigenvalue weighted by molar-refractivity contribution is -0.118. The minimum atomic E-state index is -0.613. The molecule has 0 saturated carbocycles. The largest absolute Gasteiger partial charge is 0.504 e. The van der Waals surface area contributed by atoms with Crippen molar-refractivity contribution in [1.82, 2.24) is 0 Å². The molecule has 1 atom stereocenters. The number of phenols is 1. The first-order valence-electron chi connectivity index (χ1n) is 5.04. The number of aromatic hydroxyl groups is 1. The molecule has 0 aliphatic rings. The fourth-order valence-corrected chi connectivity index (χ4v) is 1.44. The second-order valence-corrected chi connectivity index (χ2v) is 3.40. The summed E-state index contributed by atoms with van der Waals surface area (Å²) in [6, 6.07) is 4.38. The molecule has 1 unspecified atom stereocenters. The maximum absolute atomic E-state index is 10.7. The number of hydrogen-bond acceptors (Lipinski definition) is 4. The van der Waals surface area contributed by atoms with Gasteiger partial charge in [-0.3, -0.25) is 4.79 Å². The van der Waals surface area contributed by atoms with E-state index in [0.717, 1.165) is 0 Å². The van der Waals surface area contributed by atoms with Gasteiger partial charge in [-0.25, -0.2) is 0 Å². The second-order valence-electron chi connectivity index (χ2n) is 3.40. The normalized spacial score (nSPS) is 12.1. The number of ether oxygens (including phenoxy) is 1. The maximum Gasteiger partial charge on any atom is 0.219 e. The van der Waals surface area contributed by atoms with E-state index in [9.17, 15) is 9.90 Å². The van der Waals surface area contributed by atoms with E-state index < -0.39 is 11.9 Å². The van der Waals surface area contributed by atoms with E-state index in [-0.39, 0.29) is 12.2 Å². The predicted molar refractivity (Wildman–Crippen MR) is 60.0 cm³/mol. The molecule has 16 heavy (non-hydrogen) atoms. The second kappa shape index (κ2) is 5.37. The number of primary amides is 1. The topological polar surface area (TPSA) is 98.6 Å². The SMILES string of the molecule is CCOc1cccc(C(N)CC(N)=O)c1O. The quantitative estimate of drug-likeness (QED) is 0.684. The van der Waals surface area contributed by atoms with Crippen LogP contribution in [0, 0.1) is 0 Å². The molecule has 0 bridgehead atoms. The smallest absolute Gasteiger partial charge is 0.219 e. The van der Waals surface area contributed by atoms with Gasteiger partial charge < -0.3 is 21.3 Å². The van der Waals surface area contributed by atoms with E-state index in [1.165, 1.54) is 0 Å². The van der Waals surface area contributed by atoms with Crippen LogP contribution >= 0.6 is 0 Å². The van der Waals surface area contributed by atoms with Crippen molar-refractivity contribution in [2.24, 2.45) is 11.5 Å². The van der Waals surface area contributed by atoms with Gasteiger partial charge >= 0.3 is 0 Å². The van der Waals surface area contributed by atoms with E-state index in [1.807, 2.05) is 6.92 Å². The predicted octanol–water partition coefficient (Wildman–Crippen LogP) is 0.666. The number of benzene rings is 1. The van der Waals surface area contributed by atoms with Crippen LogP contribution < -0.4 is 16.2 Å². The van der Waals surface area contributed by atoms with Crippen molar-refractivity contribution < 1.29 is 14.6 Å². The van der Waals surface area contributed by atoms with E-state index in [4.69, 9.17) is 16.2 Å². The van der Waals surface area contributed by atoms with Crippen LogP contribution in [-0.4, -0.2) is 17.6 Å². The summed E-state index contributed by atoms with van der Waals surface area (Å²) in [5.41, 5.74) is 11.3. The van der Waals surface area contributed by atoms with Gasteiger partial charge in [-0.05, 0) is 13.0 Å². The standard InChI is InChI=1S/C11H16N2O3/c1-2-16-9-5-3-4-7(11(9)15)8(12)6-10(13)14/h3-5,8,15H,2,6,12H2,1H3,(H2,13,14). The molecule has 0 aliphatic carbocycles. The van der Waals surface area contributed by atoms with Crippen LogP contribution in [0.3, 0.4) is 0 Å². The minimum absolute atomic E-state index is 0.0108. The van der Waals surface area contributed by atoms with Crippen molar-refractivity contribution in [3.63, 3.8) is 0 Å². The van der Waals surface area contributed by atoms with Crippen LogP contribution in [0.5, 0.6) is 11.5 Å². The highest BCUT2D eigenvalue weighted by atomic mass is 16.5. The van der Waals surface area contributed by atoms with Gasteiger partial charge in [-0.15, -0.1) is 0 Å². The van der Waals surface area contributed by atoms with Crippen molar-refractivity contribution in [2.75, 3.05) is 6.61 Å². The number of nitrogens with two attached hydrogens (primary N) is 2. The average molecular weight is 224 g/mol. The zero-order chi connectivity index (χ0) is 12.1. The van der Waals surface area contributed by atoms with Gasteiger partial charge in [-0.2, -0.15) is 0 Å². The van der Waals surface area contributed by atoms with Crippen LogP contribution in [0.2, 0.25) is 0 Å². The molecule has 1 aromatic carbocycles. The molecule has 1 rings (SSSR count). The third kappa shape index (κ3) is 2.87. The molecule has 0 saturated heterocycles. The monoisotopic (exact) mass is 224 g/mol. The molecule has 5 heteroatoms. The Morgan fingerprint density at radius 2 is 2.25 bits per heavy atom. The van der Waals surface area contributed by atoms with E-state index in [1.54, 1.807) is 18.2 Å². The zero-order valence-electron chi connectivity index (χ0n) is 9.14. The van der Waals surface area contributed by atoms with Gasteiger partial charge in [0.2, 0.25) is 5.91 Å². The van der Waals surface area contributed by atoms with Gasteiger partial charge in [0.15, 0.2) is 11.5 Å². The summed E-state index contributed by atoms with van der Waals surface area (Å²) in [5, 5.41) is 9.85. The van der Waals surface area contributed by atoms with Gasteiger partial charge in [0.05, 0.1) is 6.61 Å². The Hall–Kier alpha value is -1.75. The molecule has 0 radical (unpaired) electrons. The van der Waals surface area contributed by atoms with Gasteiger partial charge in [0.1, 0.15) is 0 Å². The Bertz CT molecular complexity index is 379. The molecular weight excluding hydrogens is 208 g/mol. The van der Waals surface area contributed by atoms with Crippen LogP contribution in [0.4, 0.5) is 0 Å². The average Bonchev–Trinajstić information content (AvgIpc) is 2.20. The highest BCUT2D eigenvalue weighted by Gasteiger charge is 2.16. The van der Waals surface area contributed by atoms with Crippen molar-refractivity contribution in [3.05, 3.63) is 23.8 Å². The molecule has 0 fully saturated rings. The van der Waals surface area contributed by atoms with Crippen LogP contribution in [0.25, 0.3) is 0 Å². The third-order valence-corrected chi connectivity index (χ3v) is 2.15. The molecular formula is C11H16N2O3. The number of phenolic OH excluding ortho intramolecular Hbond substituents is 1. The highest BCUT2D eigenvalue weighted by Crippen LogP contribution is 2.33. The molecule has 5 nitrogen and oxygen atoms in total. The van der Waals surface area contributed by atoms with Gasteiger partial charge in [-0.1, -0.05) is 12.1 Å². The molecule has 1 amide bonds. The molecule has 5 N–H and O–H groups in total.